The summed E-state index contributed by atoms with van der Waals surface area (Å²) in [6, 6.07) is 15.3. The van der Waals surface area contributed by atoms with Crippen LogP contribution in [0.5, 0.6) is 11.5 Å². The van der Waals surface area contributed by atoms with Crippen molar-refractivity contribution >= 4 is 16.9 Å². The van der Waals surface area contributed by atoms with Crippen molar-refractivity contribution in [1.29, 1.82) is 0 Å². The lowest BCUT2D eigenvalue weighted by molar-refractivity contribution is -0.0217. The summed E-state index contributed by atoms with van der Waals surface area (Å²) in [7, 11) is 0. The van der Waals surface area contributed by atoms with Crippen LogP contribution in [0.2, 0.25) is 0 Å². The molecule has 3 aliphatic rings. The Kier molecular flexibility index (Phi) is 5.95. The van der Waals surface area contributed by atoms with Crippen LogP contribution < -0.4 is 15.8 Å². The van der Waals surface area contributed by atoms with E-state index < -0.39 is 0 Å². The molecule has 10 heteroatoms. The third-order valence-electron chi connectivity index (χ3n) is 8.22. The monoisotopic (exact) mass is 514 g/mol. The van der Waals surface area contributed by atoms with E-state index in [1.807, 2.05) is 24.3 Å². The summed E-state index contributed by atoms with van der Waals surface area (Å²) in [6.45, 7) is 6.79. The first-order valence-electron chi connectivity index (χ1n) is 13.3. The van der Waals surface area contributed by atoms with Gasteiger partial charge >= 0.3 is 0 Å². The lowest BCUT2D eigenvalue weighted by Gasteiger charge is -2.52. The van der Waals surface area contributed by atoms with Crippen LogP contribution in [0.25, 0.3) is 22.3 Å². The molecule has 7 rings (SSSR count). The van der Waals surface area contributed by atoms with Crippen LogP contribution in [-0.2, 0) is 0 Å². The Hall–Kier alpha value is -3.60. The molecule has 3 saturated heterocycles. The van der Waals surface area contributed by atoms with Crippen LogP contribution in [0.15, 0.2) is 54.9 Å². The first kappa shape index (κ1) is 23.5. The number of hydrogen-bond donors (Lipinski definition) is 2. The highest BCUT2D eigenvalue weighted by Gasteiger charge is 2.39. The lowest BCUT2D eigenvalue weighted by atomic mass is 9.97. The standard InChI is InChI=1S/C28H31FN8O/c29-19-3-7-24(8-4-19)38-23-5-1-18(2-6-23)26-25-27(30)32-17-33-28(25)37(34-26)20-9-11-35(12-10-20)22-15-36(16-22)21-13-31-14-21/h1-8,17,20-22,31H,9-16H2,(H2,30,32,33). The maximum atomic E-state index is 13.2. The molecule has 2 aromatic heterocycles. The molecule has 0 atom stereocenters. The van der Waals surface area contributed by atoms with Crippen LogP contribution in [0.4, 0.5) is 10.2 Å². The van der Waals surface area contributed by atoms with Gasteiger partial charge in [-0.2, -0.15) is 5.10 Å². The number of halogens is 1. The summed E-state index contributed by atoms with van der Waals surface area (Å²) in [5, 5.41) is 9.20. The number of hydrogen-bond acceptors (Lipinski definition) is 8. The molecule has 0 radical (unpaired) electrons. The van der Waals surface area contributed by atoms with Crippen molar-refractivity contribution in [3.8, 4) is 22.8 Å². The number of nitrogens with one attached hydrogen (secondary N) is 1. The van der Waals surface area contributed by atoms with Crippen molar-refractivity contribution in [2.45, 2.75) is 31.0 Å². The average molecular weight is 515 g/mol. The highest BCUT2D eigenvalue weighted by Crippen LogP contribution is 2.36. The topological polar surface area (TPSA) is 97.4 Å². The van der Waals surface area contributed by atoms with Crippen molar-refractivity contribution in [3.63, 3.8) is 0 Å². The van der Waals surface area contributed by atoms with Gasteiger partial charge in [-0.25, -0.2) is 19.0 Å². The fraction of sp³-hybridized carbons (Fsp3) is 0.393. The van der Waals surface area contributed by atoms with E-state index in [-0.39, 0.29) is 11.9 Å². The maximum Gasteiger partial charge on any atom is 0.164 e. The molecular weight excluding hydrogens is 483 g/mol. The second-order valence-electron chi connectivity index (χ2n) is 10.5. The summed E-state index contributed by atoms with van der Waals surface area (Å²) < 4.78 is 21.1. The molecule has 38 heavy (non-hydrogen) atoms. The largest absolute Gasteiger partial charge is 0.457 e. The molecule has 9 nitrogen and oxygen atoms in total. The van der Waals surface area contributed by atoms with Gasteiger partial charge in [-0.05, 0) is 61.4 Å². The maximum absolute atomic E-state index is 13.2. The first-order valence-corrected chi connectivity index (χ1v) is 13.3. The van der Waals surface area contributed by atoms with Crippen LogP contribution >= 0.6 is 0 Å². The molecule has 5 heterocycles. The zero-order valence-electron chi connectivity index (χ0n) is 21.1. The number of nitrogens with zero attached hydrogens (tertiary/aromatic N) is 6. The van der Waals surface area contributed by atoms with E-state index in [0.717, 1.165) is 67.4 Å². The average Bonchev–Trinajstić information content (AvgIpc) is 3.28. The number of piperidine rings is 1. The third kappa shape index (κ3) is 4.28. The van der Waals surface area contributed by atoms with Gasteiger partial charge in [-0.15, -0.1) is 0 Å². The second-order valence-corrected chi connectivity index (χ2v) is 10.5. The quantitative estimate of drug-likeness (QED) is 0.405. The molecule has 0 saturated carbocycles. The second kappa shape index (κ2) is 9.61. The highest BCUT2D eigenvalue weighted by molar-refractivity contribution is 5.98. The van der Waals surface area contributed by atoms with E-state index >= 15 is 0 Å². The van der Waals surface area contributed by atoms with E-state index in [2.05, 4.69) is 29.8 Å². The van der Waals surface area contributed by atoms with Gasteiger partial charge in [0, 0.05) is 56.9 Å². The van der Waals surface area contributed by atoms with Crippen molar-refractivity contribution < 1.29 is 9.13 Å². The molecule has 0 spiro atoms. The van der Waals surface area contributed by atoms with E-state index in [4.69, 9.17) is 15.6 Å². The molecular formula is C28H31FN8O. The third-order valence-corrected chi connectivity index (χ3v) is 8.22. The molecule has 0 unspecified atom stereocenters. The fourth-order valence-corrected chi connectivity index (χ4v) is 5.82. The van der Waals surface area contributed by atoms with Crippen LogP contribution in [0, 0.1) is 5.82 Å². The highest BCUT2D eigenvalue weighted by atomic mass is 19.1. The summed E-state index contributed by atoms with van der Waals surface area (Å²) in [6.07, 6.45) is 3.59. The number of nitrogen functional groups attached to an aromatic ring is 1. The Balaban J connectivity index is 1.08. The molecule has 0 bridgehead atoms. The Labute approximate surface area is 220 Å². The number of ether oxygens (including phenoxy) is 1. The van der Waals surface area contributed by atoms with Gasteiger partial charge in [0.15, 0.2) is 5.65 Å². The minimum absolute atomic E-state index is 0.268. The van der Waals surface area contributed by atoms with Gasteiger partial charge in [0.25, 0.3) is 0 Å². The lowest BCUT2D eigenvalue weighted by Crippen LogP contribution is -2.69. The van der Waals surface area contributed by atoms with Crippen molar-refractivity contribution in [1.82, 2.24) is 34.9 Å². The number of rotatable bonds is 6. The Bertz CT molecular complexity index is 1420. The Morgan fingerprint density at radius 2 is 1.53 bits per heavy atom. The van der Waals surface area contributed by atoms with E-state index in [9.17, 15) is 4.39 Å². The van der Waals surface area contributed by atoms with Crippen molar-refractivity contribution in [2.24, 2.45) is 0 Å². The number of benzene rings is 2. The van der Waals surface area contributed by atoms with Gasteiger partial charge in [0.2, 0.25) is 0 Å². The zero-order chi connectivity index (χ0) is 25.6. The number of anilines is 1. The van der Waals surface area contributed by atoms with Gasteiger partial charge in [0.1, 0.15) is 35.2 Å². The molecule has 196 valence electrons. The van der Waals surface area contributed by atoms with Gasteiger partial charge in [-0.3, -0.25) is 9.80 Å². The van der Waals surface area contributed by atoms with Crippen LogP contribution in [-0.4, -0.2) is 80.9 Å². The van der Waals surface area contributed by atoms with Crippen molar-refractivity contribution in [3.05, 3.63) is 60.7 Å². The normalized spacial score (nSPS) is 19.9. The minimum Gasteiger partial charge on any atom is -0.457 e. The van der Waals surface area contributed by atoms with E-state index in [1.165, 1.54) is 31.5 Å². The first-order chi connectivity index (χ1) is 18.6. The number of likely N-dealkylation sites (tertiary alicyclic amines) is 2. The predicted molar refractivity (Wildman–Crippen MR) is 144 cm³/mol. The number of aromatic nitrogens is 4. The Morgan fingerprint density at radius 3 is 2.18 bits per heavy atom. The fourth-order valence-electron chi connectivity index (χ4n) is 5.82. The summed E-state index contributed by atoms with van der Waals surface area (Å²) in [4.78, 5) is 14.1. The molecule has 3 N–H and O–H groups in total. The van der Waals surface area contributed by atoms with Crippen molar-refractivity contribution in [2.75, 3.05) is 45.0 Å². The van der Waals surface area contributed by atoms with E-state index in [1.54, 1.807) is 12.1 Å². The van der Waals surface area contributed by atoms with Crippen LogP contribution in [0.3, 0.4) is 0 Å². The predicted octanol–water partition coefficient (Wildman–Crippen LogP) is 3.30. The molecule has 2 aromatic carbocycles. The molecule has 3 aliphatic heterocycles. The summed E-state index contributed by atoms with van der Waals surface area (Å²) in [5.41, 5.74) is 8.82. The van der Waals surface area contributed by atoms with Gasteiger partial charge in [-0.1, -0.05) is 0 Å². The smallest absolute Gasteiger partial charge is 0.164 e. The number of nitrogens with two attached hydrogens (primary N) is 1. The SMILES string of the molecule is Nc1ncnc2c1c(-c1ccc(Oc3ccc(F)cc3)cc1)nn2C1CCN(C2CN(C3CNC3)C2)CC1. The molecule has 0 aliphatic carbocycles. The number of fused-ring (bicyclic) bond motifs is 1. The minimum atomic E-state index is -0.294. The Morgan fingerprint density at radius 1 is 0.842 bits per heavy atom. The van der Waals surface area contributed by atoms with Crippen LogP contribution in [0.1, 0.15) is 18.9 Å². The van der Waals surface area contributed by atoms with E-state index in [0.29, 0.717) is 23.4 Å². The molecule has 3 fully saturated rings. The molecule has 4 aromatic rings. The summed E-state index contributed by atoms with van der Waals surface area (Å²) >= 11 is 0. The zero-order valence-corrected chi connectivity index (χ0v) is 21.1. The summed E-state index contributed by atoms with van der Waals surface area (Å²) in [5.74, 6) is 1.37. The van der Waals surface area contributed by atoms with Gasteiger partial charge < -0.3 is 15.8 Å². The molecule has 0 amide bonds. The van der Waals surface area contributed by atoms with Gasteiger partial charge in [0.05, 0.1) is 11.4 Å².